The molecule has 0 bridgehead atoms. The summed E-state index contributed by atoms with van der Waals surface area (Å²) in [5.41, 5.74) is 2.92. The van der Waals surface area contributed by atoms with E-state index in [0.717, 1.165) is 50.0 Å². The zero-order valence-electron chi connectivity index (χ0n) is 19.5. The van der Waals surface area contributed by atoms with E-state index in [1.54, 1.807) is 12.1 Å². The van der Waals surface area contributed by atoms with Crippen LogP contribution < -0.4 is 20.3 Å². The minimum absolute atomic E-state index is 0.175. The van der Waals surface area contributed by atoms with E-state index in [4.69, 9.17) is 9.97 Å². The molecule has 1 aromatic heterocycles. The molecule has 1 aromatic carbocycles. The SMILES string of the molecule is CN(C)c1nc(NC2CCC(NCc3ccc(Br)cc3OC(F)(F)F)CC2)nc2c1CCCC2. The van der Waals surface area contributed by atoms with E-state index < -0.39 is 6.36 Å². The molecule has 1 heterocycles. The predicted octanol–water partition coefficient (Wildman–Crippen LogP) is 5.60. The fourth-order valence-corrected chi connectivity index (χ4v) is 5.12. The number of ether oxygens (including phenoxy) is 1. The van der Waals surface area contributed by atoms with E-state index in [1.807, 2.05) is 14.1 Å². The molecule has 0 unspecified atom stereocenters. The van der Waals surface area contributed by atoms with Crippen LogP contribution in [0.3, 0.4) is 0 Å². The molecule has 34 heavy (non-hydrogen) atoms. The second kappa shape index (κ2) is 10.7. The van der Waals surface area contributed by atoms with E-state index >= 15 is 0 Å². The van der Waals surface area contributed by atoms with Gasteiger partial charge in [0.1, 0.15) is 11.6 Å². The van der Waals surface area contributed by atoms with Crippen molar-refractivity contribution in [1.82, 2.24) is 15.3 Å². The number of nitrogens with zero attached hydrogens (tertiary/aromatic N) is 3. The highest BCUT2D eigenvalue weighted by Crippen LogP contribution is 2.31. The molecule has 2 N–H and O–H groups in total. The van der Waals surface area contributed by atoms with Gasteiger partial charge in [-0.05, 0) is 63.5 Å². The summed E-state index contributed by atoms with van der Waals surface area (Å²) in [5, 5.41) is 6.94. The van der Waals surface area contributed by atoms with Crippen molar-refractivity contribution in [1.29, 1.82) is 0 Å². The van der Waals surface area contributed by atoms with Crippen molar-refractivity contribution in [2.45, 2.75) is 76.4 Å². The monoisotopic (exact) mass is 541 g/mol. The topological polar surface area (TPSA) is 62.3 Å². The Labute approximate surface area is 206 Å². The first-order valence-corrected chi connectivity index (χ1v) is 12.6. The van der Waals surface area contributed by atoms with Crippen molar-refractivity contribution in [3.63, 3.8) is 0 Å². The minimum atomic E-state index is -4.72. The molecule has 6 nitrogen and oxygen atoms in total. The maximum Gasteiger partial charge on any atom is 0.573 e. The largest absolute Gasteiger partial charge is 0.573 e. The highest BCUT2D eigenvalue weighted by Gasteiger charge is 2.32. The molecule has 2 aliphatic rings. The van der Waals surface area contributed by atoms with Crippen molar-refractivity contribution in [3.05, 3.63) is 39.5 Å². The van der Waals surface area contributed by atoms with Crippen LogP contribution in [0.25, 0.3) is 0 Å². The smallest absolute Gasteiger partial charge is 0.405 e. The molecule has 0 spiro atoms. The summed E-state index contributed by atoms with van der Waals surface area (Å²) in [5.74, 6) is 1.53. The molecule has 0 amide bonds. The average Bonchev–Trinajstić information content (AvgIpc) is 2.78. The zero-order chi connectivity index (χ0) is 24.3. The number of halogens is 4. The first-order chi connectivity index (χ1) is 16.2. The third-order valence-electron chi connectivity index (χ3n) is 6.48. The number of aryl methyl sites for hydroxylation is 1. The molecular weight excluding hydrogens is 511 g/mol. The van der Waals surface area contributed by atoms with Gasteiger partial charge in [0.25, 0.3) is 0 Å². The summed E-state index contributed by atoms with van der Waals surface area (Å²) >= 11 is 3.21. The fourth-order valence-electron chi connectivity index (χ4n) is 4.78. The third kappa shape index (κ3) is 6.53. The lowest BCUT2D eigenvalue weighted by Gasteiger charge is -2.31. The lowest BCUT2D eigenvalue weighted by Crippen LogP contribution is -2.37. The van der Waals surface area contributed by atoms with E-state index in [-0.39, 0.29) is 17.8 Å². The van der Waals surface area contributed by atoms with Gasteiger partial charge in [0, 0.05) is 48.3 Å². The van der Waals surface area contributed by atoms with Gasteiger partial charge in [-0.2, -0.15) is 4.98 Å². The third-order valence-corrected chi connectivity index (χ3v) is 6.97. The first kappa shape index (κ1) is 25.0. The number of fused-ring (bicyclic) bond motifs is 1. The van der Waals surface area contributed by atoms with E-state index in [1.165, 1.54) is 24.5 Å². The average molecular weight is 542 g/mol. The Morgan fingerprint density at radius 3 is 2.47 bits per heavy atom. The second-order valence-electron chi connectivity index (χ2n) is 9.27. The van der Waals surface area contributed by atoms with Gasteiger partial charge in [-0.25, -0.2) is 4.98 Å². The summed E-state index contributed by atoms with van der Waals surface area (Å²) in [6.07, 6.45) is 3.42. The van der Waals surface area contributed by atoms with Gasteiger partial charge in [-0.15, -0.1) is 13.2 Å². The van der Waals surface area contributed by atoms with Crippen molar-refractivity contribution < 1.29 is 17.9 Å². The summed E-state index contributed by atoms with van der Waals surface area (Å²) in [4.78, 5) is 11.7. The quantitative estimate of drug-likeness (QED) is 0.476. The molecule has 2 aliphatic carbocycles. The van der Waals surface area contributed by atoms with Crippen LogP contribution in [0.4, 0.5) is 24.9 Å². The molecule has 186 valence electrons. The van der Waals surface area contributed by atoms with Gasteiger partial charge in [0.2, 0.25) is 5.95 Å². The first-order valence-electron chi connectivity index (χ1n) is 11.8. The normalized spacial score (nSPS) is 20.5. The van der Waals surface area contributed by atoms with Crippen LogP contribution in [-0.2, 0) is 19.4 Å². The Hall–Kier alpha value is -2.07. The number of nitrogens with one attached hydrogen (secondary N) is 2. The number of hydrogen-bond donors (Lipinski definition) is 2. The molecule has 0 aliphatic heterocycles. The molecule has 0 saturated heterocycles. The lowest BCUT2D eigenvalue weighted by molar-refractivity contribution is -0.274. The van der Waals surface area contributed by atoms with Crippen LogP contribution in [0.5, 0.6) is 5.75 Å². The summed E-state index contributed by atoms with van der Waals surface area (Å²) in [6, 6.07) is 5.25. The molecule has 10 heteroatoms. The standard InChI is InChI=1S/C24H31BrF3N5O/c1-33(2)22-19-5-3-4-6-20(19)31-23(32-22)30-18-11-9-17(10-12-18)29-14-15-7-8-16(25)13-21(15)34-24(26,27)28/h7-8,13,17-18,29H,3-6,9-12,14H2,1-2H3,(H,30,31,32). The molecule has 4 rings (SSSR count). The summed E-state index contributed by atoms with van der Waals surface area (Å²) in [6.45, 7) is 0.321. The number of rotatable bonds is 7. The summed E-state index contributed by atoms with van der Waals surface area (Å²) in [7, 11) is 4.04. The van der Waals surface area contributed by atoms with Gasteiger partial charge in [-0.1, -0.05) is 22.0 Å². The summed E-state index contributed by atoms with van der Waals surface area (Å²) < 4.78 is 43.0. The fraction of sp³-hybridized carbons (Fsp3) is 0.583. The Morgan fingerprint density at radius 1 is 1.06 bits per heavy atom. The zero-order valence-corrected chi connectivity index (χ0v) is 21.1. The van der Waals surface area contributed by atoms with Crippen LogP contribution in [0.15, 0.2) is 22.7 Å². The molecule has 1 fully saturated rings. The molecule has 0 radical (unpaired) electrons. The van der Waals surface area contributed by atoms with Crippen LogP contribution in [-0.4, -0.2) is 42.5 Å². The molecule has 2 aromatic rings. The van der Waals surface area contributed by atoms with Gasteiger partial charge in [0.05, 0.1) is 5.69 Å². The predicted molar refractivity (Wildman–Crippen MR) is 130 cm³/mol. The number of benzene rings is 1. The Bertz CT molecular complexity index is 993. The maximum atomic E-state index is 12.8. The van der Waals surface area contributed by atoms with E-state index in [0.29, 0.717) is 22.5 Å². The highest BCUT2D eigenvalue weighted by molar-refractivity contribution is 9.10. The van der Waals surface area contributed by atoms with Gasteiger partial charge >= 0.3 is 6.36 Å². The van der Waals surface area contributed by atoms with Crippen molar-refractivity contribution in [2.75, 3.05) is 24.3 Å². The Kier molecular flexibility index (Phi) is 7.87. The van der Waals surface area contributed by atoms with Crippen molar-refractivity contribution >= 4 is 27.7 Å². The number of hydrogen-bond acceptors (Lipinski definition) is 6. The molecule has 1 saturated carbocycles. The second-order valence-corrected chi connectivity index (χ2v) is 10.2. The molecular formula is C24H31BrF3N5O. The van der Waals surface area contributed by atoms with Gasteiger partial charge < -0.3 is 20.3 Å². The Balaban J connectivity index is 1.32. The van der Waals surface area contributed by atoms with E-state index in [9.17, 15) is 13.2 Å². The highest BCUT2D eigenvalue weighted by atomic mass is 79.9. The Morgan fingerprint density at radius 2 is 1.76 bits per heavy atom. The maximum absolute atomic E-state index is 12.8. The van der Waals surface area contributed by atoms with Crippen LogP contribution in [0.2, 0.25) is 0 Å². The van der Waals surface area contributed by atoms with E-state index in [2.05, 4.69) is 36.2 Å². The minimum Gasteiger partial charge on any atom is -0.405 e. The number of anilines is 2. The van der Waals surface area contributed by atoms with Gasteiger partial charge in [-0.3, -0.25) is 0 Å². The van der Waals surface area contributed by atoms with Crippen LogP contribution in [0, 0.1) is 0 Å². The lowest BCUT2D eigenvalue weighted by atomic mass is 9.91. The van der Waals surface area contributed by atoms with Crippen molar-refractivity contribution in [2.24, 2.45) is 0 Å². The van der Waals surface area contributed by atoms with Crippen molar-refractivity contribution in [3.8, 4) is 5.75 Å². The number of aromatic nitrogens is 2. The van der Waals surface area contributed by atoms with Gasteiger partial charge in [0.15, 0.2) is 0 Å². The van der Waals surface area contributed by atoms with Crippen LogP contribution in [0.1, 0.15) is 55.3 Å². The number of alkyl halides is 3. The van der Waals surface area contributed by atoms with Crippen LogP contribution >= 0.6 is 15.9 Å². The molecule has 0 atom stereocenters.